The lowest BCUT2D eigenvalue weighted by Gasteiger charge is -2.25. The molecular formula is C22H21F2N3O2. The van der Waals surface area contributed by atoms with E-state index in [0.717, 1.165) is 0 Å². The van der Waals surface area contributed by atoms with Crippen LogP contribution >= 0.6 is 0 Å². The molecule has 2 unspecified atom stereocenters. The topological polar surface area (TPSA) is 66.2 Å². The average Bonchev–Trinajstić information content (AvgIpc) is 3.12. The van der Waals surface area contributed by atoms with Gasteiger partial charge in [-0.05, 0) is 35.8 Å². The molecule has 1 aromatic heterocycles. The third kappa shape index (κ3) is 5.38. The van der Waals surface area contributed by atoms with Gasteiger partial charge in [-0.15, -0.1) is 0 Å². The smallest absolute Gasteiger partial charge is 0.223 e. The van der Waals surface area contributed by atoms with Crippen molar-refractivity contribution in [2.45, 2.75) is 31.5 Å². The van der Waals surface area contributed by atoms with Crippen LogP contribution in [-0.4, -0.2) is 35.1 Å². The molecule has 2 atom stereocenters. The Kier molecular flexibility index (Phi) is 6.55. The first kappa shape index (κ1) is 20.5. The molecule has 1 saturated heterocycles. The normalized spacial score (nSPS) is 18.3. The maximum Gasteiger partial charge on any atom is 0.223 e. The summed E-state index contributed by atoms with van der Waals surface area (Å²) in [7, 11) is 0. The van der Waals surface area contributed by atoms with E-state index in [1.165, 1.54) is 29.3 Å². The van der Waals surface area contributed by atoms with E-state index in [1.807, 2.05) is 6.07 Å². The van der Waals surface area contributed by atoms with Crippen molar-refractivity contribution < 1.29 is 18.3 Å². The highest BCUT2D eigenvalue weighted by molar-refractivity contribution is 5.77. The number of halogens is 2. The van der Waals surface area contributed by atoms with E-state index in [9.17, 15) is 13.6 Å². The Bertz CT molecular complexity index is 942. The van der Waals surface area contributed by atoms with Gasteiger partial charge in [-0.3, -0.25) is 4.79 Å². The van der Waals surface area contributed by atoms with Gasteiger partial charge in [0.15, 0.2) is 0 Å². The van der Waals surface area contributed by atoms with Crippen LogP contribution in [0.25, 0.3) is 0 Å². The van der Waals surface area contributed by atoms with Crippen molar-refractivity contribution in [2.24, 2.45) is 0 Å². The average molecular weight is 397 g/mol. The summed E-state index contributed by atoms with van der Waals surface area (Å²) in [4.78, 5) is 18.0. The van der Waals surface area contributed by atoms with Crippen LogP contribution in [0.5, 0.6) is 5.75 Å². The molecule has 0 saturated carbocycles. The SMILES string of the molecule is C=C(CCC(=O)N1CC(F)CC1c1cccc(F)c1)COc1ccnc(C#N)c1. The van der Waals surface area contributed by atoms with E-state index >= 15 is 0 Å². The predicted molar refractivity (Wildman–Crippen MR) is 103 cm³/mol. The lowest BCUT2D eigenvalue weighted by Crippen LogP contribution is -2.31. The third-order valence-corrected chi connectivity index (χ3v) is 4.79. The molecule has 2 heterocycles. The first-order valence-corrected chi connectivity index (χ1v) is 9.31. The molecule has 29 heavy (non-hydrogen) atoms. The van der Waals surface area contributed by atoms with Gasteiger partial charge in [0, 0.05) is 25.1 Å². The molecule has 1 aromatic carbocycles. The Morgan fingerprint density at radius 2 is 2.17 bits per heavy atom. The fraction of sp³-hybridized carbons (Fsp3) is 0.318. The van der Waals surface area contributed by atoms with Gasteiger partial charge in [0.25, 0.3) is 0 Å². The molecule has 7 heteroatoms. The molecule has 1 fully saturated rings. The summed E-state index contributed by atoms with van der Waals surface area (Å²) >= 11 is 0. The monoisotopic (exact) mass is 397 g/mol. The van der Waals surface area contributed by atoms with Crippen molar-refractivity contribution in [2.75, 3.05) is 13.2 Å². The molecule has 1 aliphatic rings. The minimum Gasteiger partial charge on any atom is -0.489 e. The van der Waals surface area contributed by atoms with Crippen LogP contribution in [0.2, 0.25) is 0 Å². The van der Waals surface area contributed by atoms with Gasteiger partial charge in [0.1, 0.15) is 36.1 Å². The van der Waals surface area contributed by atoms with Gasteiger partial charge >= 0.3 is 0 Å². The second-order valence-electron chi connectivity index (χ2n) is 6.98. The molecule has 0 aliphatic carbocycles. The number of pyridine rings is 1. The first-order chi connectivity index (χ1) is 14.0. The van der Waals surface area contributed by atoms with Crippen molar-refractivity contribution in [3.63, 3.8) is 0 Å². The van der Waals surface area contributed by atoms with Crippen molar-refractivity contribution in [1.29, 1.82) is 5.26 Å². The molecule has 1 aliphatic heterocycles. The largest absolute Gasteiger partial charge is 0.489 e. The number of carbonyl (C=O) groups is 1. The number of aromatic nitrogens is 1. The molecule has 1 amide bonds. The highest BCUT2D eigenvalue weighted by Crippen LogP contribution is 2.34. The van der Waals surface area contributed by atoms with Crippen LogP contribution in [0.1, 0.15) is 36.6 Å². The lowest BCUT2D eigenvalue weighted by atomic mass is 10.0. The number of rotatable bonds is 7. The fourth-order valence-corrected chi connectivity index (χ4v) is 3.34. The van der Waals surface area contributed by atoms with E-state index in [2.05, 4.69) is 11.6 Å². The molecule has 0 N–H and O–H groups in total. The van der Waals surface area contributed by atoms with Gasteiger partial charge in [0.2, 0.25) is 5.91 Å². The predicted octanol–water partition coefficient (Wildman–Crippen LogP) is 4.12. The number of alkyl halides is 1. The number of nitrogens with zero attached hydrogens (tertiary/aromatic N) is 3. The van der Waals surface area contributed by atoms with Crippen molar-refractivity contribution in [3.8, 4) is 11.8 Å². The maximum atomic E-state index is 14.0. The van der Waals surface area contributed by atoms with Crippen LogP contribution < -0.4 is 4.74 Å². The number of nitriles is 1. The Labute approximate surface area is 168 Å². The van der Waals surface area contributed by atoms with Crippen molar-refractivity contribution in [1.82, 2.24) is 9.88 Å². The van der Waals surface area contributed by atoms with Gasteiger partial charge < -0.3 is 9.64 Å². The van der Waals surface area contributed by atoms with Gasteiger partial charge in [-0.2, -0.15) is 5.26 Å². The number of carbonyl (C=O) groups excluding carboxylic acids is 1. The van der Waals surface area contributed by atoms with E-state index in [0.29, 0.717) is 23.3 Å². The molecule has 0 spiro atoms. The molecule has 3 rings (SSSR count). The number of ether oxygens (including phenoxy) is 1. The van der Waals surface area contributed by atoms with Gasteiger partial charge in [-0.25, -0.2) is 13.8 Å². The summed E-state index contributed by atoms with van der Waals surface area (Å²) in [5.74, 6) is -0.107. The number of benzene rings is 1. The number of amides is 1. The van der Waals surface area contributed by atoms with E-state index < -0.39 is 18.0 Å². The summed E-state index contributed by atoms with van der Waals surface area (Å²) < 4.78 is 33.1. The van der Waals surface area contributed by atoms with E-state index in [-0.39, 0.29) is 37.6 Å². The Hall–Kier alpha value is -3.27. The van der Waals surface area contributed by atoms with Gasteiger partial charge in [-0.1, -0.05) is 18.7 Å². The molecule has 5 nitrogen and oxygen atoms in total. The van der Waals surface area contributed by atoms with Crippen LogP contribution in [-0.2, 0) is 4.79 Å². The number of likely N-dealkylation sites (tertiary alicyclic amines) is 1. The Morgan fingerprint density at radius 1 is 1.34 bits per heavy atom. The van der Waals surface area contributed by atoms with Crippen LogP contribution in [0.3, 0.4) is 0 Å². The highest BCUT2D eigenvalue weighted by Gasteiger charge is 2.36. The standard InChI is InChI=1S/C22H21F2N3O2/c1-15(14-29-20-7-8-26-19(11-20)12-25)5-6-22(28)27-13-18(24)10-21(27)16-3-2-4-17(23)9-16/h2-4,7-9,11,18,21H,1,5-6,10,13-14H2. The summed E-state index contributed by atoms with van der Waals surface area (Å²) in [6.07, 6.45) is 1.08. The maximum absolute atomic E-state index is 14.0. The zero-order valence-electron chi connectivity index (χ0n) is 15.9. The number of hydrogen-bond acceptors (Lipinski definition) is 4. The minimum absolute atomic E-state index is 0.0109. The summed E-state index contributed by atoms with van der Waals surface area (Å²) in [6, 6.07) is 10.6. The second-order valence-corrected chi connectivity index (χ2v) is 6.98. The van der Waals surface area contributed by atoms with Crippen molar-refractivity contribution in [3.05, 3.63) is 71.8 Å². The van der Waals surface area contributed by atoms with Crippen LogP contribution in [0.4, 0.5) is 8.78 Å². The Balaban J connectivity index is 1.53. The molecule has 0 radical (unpaired) electrons. The fourth-order valence-electron chi connectivity index (χ4n) is 3.34. The lowest BCUT2D eigenvalue weighted by molar-refractivity contribution is -0.132. The summed E-state index contributed by atoms with van der Waals surface area (Å²) in [6.45, 7) is 4.12. The molecule has 2 aromatic rings. The zero-order chi connectivity index (χ0) is 20.8. The molecular weight excluding hydrogens is 376 g/mol. The number of hydrogen-bond donors (Lipinski definition) is 0. The van der Waals surface area contributed by atoms with Crippen LogP contribution in [0.15, 0.2) is 54.7 Å². The van der Waals surface area contributed by atoms with Gasteiger partial charge in [0.05, 0.1) is 12.6 Å². The third-order valence-electron chi connectivity index (χ3n) is 4.79. The minimum atomic E-state index is -1.13. The quantitative estimate of drug-likeness (QED) is 0.659. The van der Waals surface area contributed by atoms with Crippen LogP contribution in [0, 0.1) is 17.1 Å². The molecule has 0 bridgehead atoms. The zero-order valence-corrected chi connectivity index (χ0v) is 15.9. The van der Waals surface area contributed by atoms with Crippen molar-refractivity contribution >= 4 is 5.91 Å². The van der Waals surface area contributed by atoms with E-state index in [4.69, 9.17) is 10.00 Å². The van der Waals surface area contributed by atoms with E-state index in [1.54, 1.807) is 18.2 Å². The summed E-state index contributed by atoms with van der Waals surface area (Å²) in [5, 5.41) is 8.85. The Morgan fingerprint density at radius 3 is 2.93 bits per heavy atom. The molecule has 150 valence electrons. The second kappa shape index (κ2) is 9.28. The first-order valence-electron chi connectivity index (χ1n) is 9.31. The highest BCUT2D eigenvalue weighted by atomic mass is 19.1. The summed E-state index contributed by atoms with van der Waals surface area (Å²) in [5.41, 5.74) is 1.56.